The van der Waals surface area contributed by atoms with E-state index in [1.165, 1.54) is 62.8 Å². The van der Waals surface area contributed by atoms with Gasteiger partial charge in [0.2, 0.25) is 0 Å². The molecule has 0 spiro atoms. The van der Waals surface area contributed by atoms with Crippen molar-refractivity contribution in [3.63, 3.8) is 0 Å². The van der Waals surface area contributed by atoms with Crippen molar-refractivity contribution in [2.45, 2.75) is 79.2 Å². The number of aromatic nitrogens is 2. The Labute approximate surface area is 196 Å². The number of nitrogens with one attached hydrogen (secondary N) is 1. The molecule has 0 aliphatic carbocycles. The Bertz CT molecular complexity index is 934. The van der Waals surface area contributed by atoms with Crippen molar-refractivity contribution in [2.75, 3.05) is 0 Å². The monoisotopic (exact) mass is 548 g/mol. The fourth-order valence-corrected chi connectivity index (χ4v) is 20.9. The van der Waals surface area contributed by atoms with Crippen LogP contribution in [0.1, 0.15) is 64.9 Å². The van der Waals surface area contributed by atoms with Crippen molar-refractivity contribution in [3.8, 4) is 5.75 Å². The second-order valence-corrected chi connectivity index (χ2v) is 22.2. The van der Waals surface area contributed by atoms with Gasteiger partial charge in [-0.25, -0.2) is 0 Å². The van der Waals surface area contributed by atoms with Crippen LogP contribution in [0.5, 0.6) is 5.75 Å². The van der Waals surface area contributed by atoms with Gasteiger partial charge in [0.25, 0.3) is 0 Å². The van der Waals surface area contributed by atoms with Crippen LogP contribution < -0.4 is 8.45 Å². The molecule has 3 rings (SSSR count). The Morgan fingerprint density at radius 2 is 1.58 bits per heavy atom. The molecule has 3 nitrogen and oxygen atoms in total. The molecular formula is C26H37ClN2OSn. The molecule has 1 aromatic heterocycles. The van der Waals surface area contributed by atoms with E-state index in [1.807, 2.05) is 24.3 Å². The summed E-state index contributed by atoms with van der Waals surface area (Å²) >= 11 is 3.53. The minimum absolute atomic E-state index is 0.544. The second kappa shape index (κ2) is 12.1. The van der Waals surface area contributed by atoms with Crippen LogP contribution in [0.2, 0.25) is 18.3 Å². The third kappa shape index (κ3) is 6.41. The van der Waals surface area contributed by atoms with Crippen molar-refractivity contribution in [2.24, 2.45) is 0 Å². The molecule has 0 radical (unpaired) electrons. The zero-order valence-corrected chi connectivity index (χ0v) is 23.0. The molecule has 0 amide bonds. The second-order valence-electron chi connectivity index (χ2n) is 8.79. The van der Waals surface area contributed by atoms with E-state index in [2.05, 4.69) is 44.1 Å². The maximum absolute atomic E-state index is 6.10. The summed E-state index contributed by atoms with van der Waals surface area (Å²) in [5.41, 5.74) is 2.30. The predicted molar refractivity (Wildman–Crippen MR) is 136 cm³/mol. The first kappa shape index (κ1) is 24.4. The molecule has 1 heterocycles. The molecule has 0 saturated heterocycles. The molecule has 0 aliphatic heterocycles. The van der Waals surface area contributed by atoms with Gasteiger partial charge in [-0.15, -0.1) is 0 Å². The molecule has 0 unspecified atom stereocenters. The summed E-state index contributed by atoms with van der Waals surface area (Å²) in [4.78, 5) is 0. The topological polar surface area (TPSA) is 37.9 Å². The van der Waals surface area contributed by atoms with E-state index in [4.69, 9.17) is 21.4 Å². The van der Waals surface area contributed by atoms with Crippen molar-refractivity contribution in [1.82, 2.24) is 10.2 Å². The molecule has 31 heavy (non-hydrogen) atoms. The third-order valence-corrected chi connectivity index (χ3v) is 21.9. The van der Waals surface area contributed by atoms with Gasteiger partial charge in [-0.3, -0.25) is 0 Å². The molecule has 3 aromatic rings. The fourth-order valence-electron chi connectivity index (χ4n) is 4.57. The Kier molecular flexibility index (Phi) is 9.58. The van der Waals surface area contributed by atoms with Crippen LogP contribution in [0.3, 0.4) is 0 Å². The number of hydrogen-bond acceptors (Lipinski definition) is 2. The van der Waals surface area contributed by atoms with Gasteiger partial charge in [0.15, 0.2) is 0 Å². The molecule has 0 atom stereocenters. The summed E-state index contributed by atoms with van der Waals surface area (Å²) in [6.07, 6.45) is 7.88. The van der Waals surface area contributed by atoms with E-state index < -0.39 is 18.4 Å². The van der Waals surface area contributed by atoms with Gasteiger partial charge in [-0.2, -0.15) is 0 Å². The molecule has 1 N–H and O–H groups in total. The van der Waals surface area contributed by atoms with Crippen LogP contribution in [-0.2, 0) is 6.61 Å². The predicted octanol–water partition coefficient (Wildman–Crippen LogP) is 7.85. The number of aromatic amines is 1. The minimum atomic E-state index is -2.57. The first-order chi connectivity index (χ1) is 15.1. The summed E-state index contributed by atoms with van der Waals surface area (Å²) in [5, 5.41) is 10.4. The first-order valence-corrected chi connectivity index (χ1v) is 19.8. The van der Waals surface area contributed by atoms with Crippen molar-refractivity contribution >= 4 is 44.6 Å². The van der Waals surface area contributed by atoms with Gasteiger partial charge in [0.05, 0.1) is 0 Å². The molecule has 0 fully saturated rings. The number of benzene rings is 2. The number of halogens is 1. The molecule has 168 valence electrons. The van der Waals surface area contributed by atoms with Crippen molar-refractivity contribution in [1.29, 1.82) is 0 Å². The number of unbranched alkanes of at least 4 members (excludes halogenated alkanes) is 3. The van der Waals surface area contributed by atoms with Crippen LogP contribution in [-0.4, -0.2) is 28.6 Å². The van der Waals surface area contributed by atoms with E-state index in [0.29, 0.717) is 11.6 Å². The number of H-pyrrole nitrogens is 1. The molecule has 0 saturated carbocycles. The fraction of sp³-hybridized carbons (Fsp3) is 0.500. The third-order valence-electron chi connectivity index (χ3n) is 6.38. The Balaban J connectivity index is 1.92. The van der Waals surface area contributed by atoms with E-state index in [1.54, 1.807) is 3.71 Å². The quantitative estimate of drug-likeness (QED) is 0.221. The maximum atomic E-state index is 6.10. The van der Waals surface area contributed by atoms with E-state index in [0.717, 1.165) is 11.3 Å². The first-order valence-electron chi connectivity index (χ1n) is 12.0. The number of rotatable bonds is 13. The number of fused-ring (bicyclic) bond motifs is 1. The van der Waals surface area contributed by atoms with Gasteiger partial charge in [0.1, 0.15) is 0 Å². The Hall–Kier alpha value is -1.20. The van der Waals surface area contributed by atoms with Crippen LogP contribution in [0.4, 0.5) is 0 Å². The zero-order valence-electron chi connectivity index (χ0n) is 19.3. The Morgan fingerprint density at radius 3 is 2.19 bits per heavy atom. The van der Waals surface area contributed by atoms with Crippen LogP contribution >= 0.6 is 11.6 Å². The number of hydrogen-bond donors (Lipinski definition) is 1. The van der Waals surface area contributed by atoms with Gasteiger partial charge < -0.3 is 0 Å². The van der Waals surface area contributed by atoms with Gasteiger partial charge in [-0.05, 0) is 0 Å². The van der Waals surface area contributed by atoms with Crippen LogP contribution in [0.25, 0.3) is 10.9 Å². The van der Waals surface area contributed by atoms with E-state index >= 15 is 0 Å². The summed E-state index contributed by atoms with van der Waals surface area (Å²) in [6, 6.07) is 14.2. The summed E-state index contributed by atoms with van der Waals surface area (Å²) in [7, 11) is 0. The molecule has 5 heteroatoms. The average Bonchev–Trinajstić information content (AvgIpc) is 3.21. The van der Waals surface area contributed by atoms with Gasteiger partial charge in [0, 0.05) is 0 Å². The standard InChI is InChI=1S/C14H10ClN2O.3C4H9.Sn/c15-12-2-1-3-13(7-12)18-9-10-4-5-14-11(6-10)8-16-17-14;3*1-3-4-2;/h1-7H,9H2,(H,16,17);3*1,3-4H2,2H3;. The average molecular weight is 548 g/mol. The van der Waals surface area contributed by atoms with E-state index in [-0.39, 0.29) is 0 Å². The molecule has 0 aliphatic rings. The van der Waals surface area contributed by atoms with Crippen LogP contribution in [0.15, 0.2) is 42.5 Å². The number of ether oxygens (including phenoxy) is 1. The van der Waals surface area contributed by atoms with Crippen molar-refractivity contribution < 1.29 is 4.74 Å². The number of nitrogens with zero attached hydrogens (tertiary/aromatic N) is 1. The summed E-state index contributed by atoms with van der Waals surface area (Å²) in [5.74, 6) is 0.808. The van der Waals surface area contributed by atoms with Crippen LogP contribution in [0, 0.1) is 0 Å². The molecule has 2 aromatic carbocycles. The SMILES string of the molecule is CCC[CH2][Sn]([CH2]CCC)([CH2]CCC)[c]1[nH]nc2ccc(COc3cccc(Cl)c3)cc12. The normalized spacial score (nSPS) is 11.9. The summed E-state index contributed by atoms with van der Waals surface area (Å²) < 4.78 is 11.9. The van der Waals surface area contributed by atoms with Crippen molar-refractivity contribution in [3.05, 3.63) is 53.1 Å². The van der Waals surface area contributed by atoms with Gasteiger partial charge in [-0.1, -0.05) is 0 Å². The van der Waals surface area contributed by atoms with E-state index in [9.17, 15) is 0 Å². The zero-order chi connectivity index (χ0) is 22.1. The molecular weight excluding hydrogens is 510 g/mol. The Morgan fingerprint density at radius 1 is 0.903 bits per heavy atom. The molecule has 0 bridgehead atoms. The van der Waals surface area contributed by atoms with Gasteiger partial charge >= 0.3 is 198 Å². The summed E-state index contributed by atoms with van der Waals surface area (Å²) in [6.45, 7) is 7.52.